The van der Waals surface area contributed by atoms with Crippen LogP contribution in [0, 0.1) is 140 Å². The maximum absolute atomic E-state index is 17.3. The molecule has 0 aliphatic rings. The number of rotatable bonds is 4. The second kappa shape index (κ2) is 14.8. The lowest BCUT2D eigenvalue weighted by Gasteiger charge is -2.44. The molecule has 0 fully saturated rings. The number of fused-ring (bicyclic) bond motifs is 4. The van der Waals surface area contributed by atoms with Crippen LogP contribution in [0.5, 0.6) is 0 Å². The molecule has 0 N–H and O–H groups in total. The smallest absolute Gasteiger partial charge is 0.208 e. The number of benzene rings is 8. The summed E-state index contributed by atoms with van der Waals surface area (Å²) in [6.07, 6.45) is 0. The van der Waals surface area contributed by atoms with E-state index in [1.165, 1.54) is 0 Å². The fraction of sp³-hybridized carbons (Fsp3) is 0. The summed E-state index contributed by atoms with van der Waals surface area (Å²) in [5.74, 6) is -75.3. The first-order valence-electron chi connectivity index (χ1n) is 17.0. The van der Waals surface area contributed by atoms with Crippen LogP contribution in [0.2, 0.25) is 0 Å². The molecule has 0 saturated carbocycles. The van der Waals surface area contributed by atoms with Crippen molar-refractivity contribution in [3.05, 3.63) is 164 Å². The van der Waals surface area contributed by atoms with Crippen LogP contribution in [0.25, 0.3) is 43.1 Å². The summed E-state index contributed by atoms with van der Waals surface area (Å²) in [6.45, 7) is 0. The third-order valence-corrected chi connectivity index (χ3v) is 16.6. The highest BCUT2D eigenvalue weighted by molar-refractivity contribution is 7.23. The average molecular weight is 967 g/mol. The molecule has 8 aromatic carbocycles. The van der Waals surface area contributed by atoms with Crippen molar-refractivity contribution in [2.24, 2.45) is 0 Å². The minimum Gasteiger partial charge on any atom is -0.208 e. The maximum atomic E-state index is 17.3. The Labute approximate surface area is 342 Å². The maximum Gasteiger partial charge on any atom is 0.286 e. The summed E-state index contributed by atoms with van der Waals surface area (Å²) in [6, 6.07) is -3.14. The molecule has 0 aliphatic carbocycles. The van der Waals surface area contributed by atoms with Gasteiger partial charge in [-0.1, -0.05) is 0 Å². The zero-order valence-corrected chi connectivity index (χ0v) is 31.1. The Kier molecular flexibility index (Phi) is 10.3. The number of halogens is 24. The Balaban J connectivity index is 1.98. The van der Waals surface area contributed by atoms with Gasteiger partial charge in [-0.2, -0.15) is 17.7 Å². The van der Waals surface area contributed by atoms with Gasteiger partial charge in [-0.25, -0.2) is 105 Å². The topological polar surface area (TPSA) is 0 Å². The molecule has 0 radical (unpaired) electrons. The van der Waals surface area contributed by atoms with Crippen LogP contribution in [0.3, 0.4) is 0 Å². The van der Waals surface area contributed by atoms with Crippen LogP contribution >= 0.6 is 0 Å². The molecule has 0 unspecified atom stereocenters. The Morgan fingerprint density at radius 1 is 0.185 bits per heavy atom. The van der Waals surface area contributed by atoms with Crippen molar-refractivity contribution < 1.29 is 105 Å². The fourth-order valence-corrected chi connectivity index (χ4v) is 15.0. The molecule has 0 aromatic heterocycles. The molecule has 0 nitrogen and oxygen atoms in total. The molecule has 8 aromatic rings. The quantitative estimate of drug-likeness (QED) is 0.0937. The van der Waals surface area contributed by atoms with E-state index in [1.54, 1.807) is 0 Å². The normalized spacial score (nSPS) is 12.3. The molecule has 0 heterocycles. The number of hydrogen-bond acceptors (Lipinski definition) is 0. The van der Waals surface area contributed by atoms with Crippen LogP contribution in [-0.4, -0.2) is 13.1 Å². The highest BCUT2D eigenvalue weighted by Gasteiger charge is 2.52. The Bertz CT molecular complexity index is 3050. The molecule has 0 atom stereocenters. The van der Waals surface area contributed by atoms with Gasteiger partial charge in [-0.15, -0.1) is 0 Å². The van der Waals surface area contributed by atoms with Crippen LogP contribution < -0.4 is 17.7 Å². The van der Waals surface area contributed by atoms with Gasteiger partial charge in [-0.05, 0) is 45.8 Å². The van der Waals surface area contributed by atoms with Gasteiger partial charge in [0.25, 0.3) is 13.1 Å². The van der Waals surface area contributed by atoms with Gasteiger partial charge >= 0.3 is 0 Å². The van der Waals surface area contributed by atoms with E-state index in [0.29, 0.717) is 0 Å². The summed E-state index contributed by atoms with van der Waals surface area (Å²) < 4.78 is 368. The average Bonchev–Trinajstić information content (AvgIpc) is 3.25. The lowest BCUT2D eigenvalue weighted by molar-refractivity contribution is 0.436. The van der Waals surface area contributed by atoms with Crippen LogP contribution in [-0.2, 0) is 0 Å². The Morgan fingerprint density at radius 3 is 0.508 bits per heavy atom. The Hall–Kier alpha value is -6.35. The van der Waals surface area contributed by atoms with Gasteiger partial charge in [0.2, 0.25) is 0 Å². The van der Waals surface area contributed by atoms with E-state index in [2.05, 4.69) is 0 Å². The highest BCUT2D eigenvalue weighted by atomic mass is 27.2. The standard InChI is InChI=1S/4C10HF6.Al/c4*11-4-1-3-2-5(12)8(14)10(16)6(3)9(15)7(4)13;/h4*1H;/q;;;;-1. The molecule has 0 aliphatic heterocycles. The first kappa shape index (κ1) is 45.2. The molecule has 0 amide bonds. The number of hydrogen-bond donors (Lipinski definition) is 0. The zero-order valence-electron chi connectivity index (χ0n) is 30.0. The minimum absolute atomic E-state index is 0.786. The second-order valence-electron chi connectivity index (χ2n) is 13.9. The second-order valence-corrected chi connectivity index (χ2v) is 18.0. The summed E-state index contributed by atoms with van der Waals surface area (Å²) >= 11 is -9.12. The van der Waals surface area contributed by atoms with E-state index >= 15 is 87.8 Å². The lowest BCUT2D eigenvalue weighted by atomic mass is 10.1. The van der Waals surface area contributed by atoms with Crippen molar-refractivity contribution in [2.45, 2.75) is 0 Å². The summed E-state index contributed by atoms with van der Waals surface area (Å²) in [4.78, 5) is 0. The van der Waals surface area contributed by atoms with Crippen molar-refractivity contribution >= 4 is 73.9 Å². The lowest BCUT2D eigenvalue weighted by Crippen LogP contribution is -2.78. The van der Waals surface area contributed by atoms with E-state index < -0.39 is 238 Å². The molecule has 0 bridgehead atoms. The third kappa shape index (κ3) is 5.66. The van der Waals surface area contributed by atoms with Crippen LogP contribution in [0.4, 0.5) is 105 Å². The first-order chi connectivity index (χ1) is 30.3. The SMILES string of the molecule is Fc1cc2[c]([Al-]([c]3c(F)c(F)c(F)c4c(F)c(F)c(F)cc34)([c]3c(F)c(F)c(F)c4c(F)c(F)c(F)cc34)[c]3c(F)c(F)c(F)c4c(F)c(F)c(F)cc34)c(F)c(F)c(F)c2c(F)c1F. The summed E-state index contributed by atoms with van der Waals surface area (Å²) in [7, 11) is 0. The van der Waals surface area contributed by atoms with Crippen molar-refractivity contribution in [1.29, 1.82) is 0 Å². The van der Waals surface area contributed by atoms with Crippen molar-refractivity contribution in [1.82, 2.24) is 0 Å². The highest BCUT2D eigenvalue weighted by Crippen LogP contribution is 2.39. The first-order valence-corrected chi connectivity index (χ1v) is 19.3. The summed E-state index contributed by atoms with van der Waals surface area (Å²) in [5.41, 5.74) is 0. The van der Waals surface area contributed by atoms with Gasteiger partial charge in [0.15, 0.2) is 116 Å². The predicted octanol–water partition coefficient (Wildman–Crippen LogP) is 11.0. The van der Waals surface area contributed by atoms with E-state index in [-0.39, 0.29) is 0 Å². The molecule has 0 spiro atoms. The fourth-order valence-electron chi connectivity index (χ4n) is 8.42. The van der Waals surface area contributed by atoms with Gasteiger partial charge < -0.3 is 0 Å². The monoisotopic (exact) mass is 967 g/mol. The van der Waals surface area contributed by atoms with Gasteiger partial charge in [0.1, 0.15) is 23.3 Å². The van der Waals surface area contributed by atoms with Gasteiger partial charge in [0, 0.05) is 0 Å². The van der Waals surface area contributed by atoms with Crippen molar-refractivity contribution in [3.8, 4) is 0 Å². The molecule has 0 saturated heterocycles. The largest absolute Gasteiger partial charge is 0.286 e. The van der Waals surface area contributed by atoms with Crippen molar-refractivity contribution in [2.75, 3.05) is 0 Å². The molecule has 25 heteroatoms. The molecular formula is C40H4AlF24-. The predicted molar refractivity (Wildman–Crippen MR) is 179 cm³/mol. The van der Waals surface area contributed by atoms with Gasteiger partial charge in [0.05, 0.1) is 21.5 Å². The summed E-state index contributed by atoms with van der Waals surface area (Å²) in [5, 5.41) is -20.2. The van der Waals surface area contributed by atoms with Gasteiger partial charge in [-0.3, -0.25) is 0 Å². The molecule has 65 heavy (non-hydrogen) atoms. The van der Waals surface area contributed by atoms with E-state index in [1.807, 2.05) is 0 Å². The van der Waals surface area contributed by atoms with Crippen LogP contribution in [0.1, 0.15) is 0 Å². The van der Waals surface area contributed by atoms with Crippen LogP contribution in [0.15, 0.2) is 24.3 Å². The minimum atomic E-state index is -9.12. The molecular weight excluding hydrogens is 963 g/mol. The Morgan fingerprint density at radius 2 is 0.338 bits per heavy atom. The van der Waals surface area contributed by atoms with Crippen molar-refractivity contribution in [3.63, 3.8) is 0 Å². The van der Waals surface area contributed by atoms with E-state index in [4.69, 9.17) is 0 Å². The van der Waals surface area contributed by atoms with E-state index in [0.717, 1.165) is 0 Å². The third-order valence-electron chi connectivity index (χ3n) is 10.9. The van der Waals surface area contributed by atoms with E-state index in [9.17, 15) is 17.6 Å². The zero-order chi connectivity index (χ0) is 48.1. The molecule has 8 rings (SSSR count). The molecule has 336 valence electrons.